The van der Waals surface area contributed by atoms with Gasteiger partial charge in [-0.2, -0.15) is 0 Å². The Balaban J connectivity index is 1.27. The van der Waals surface area contributed by atoms with Crippen LogP contribution in [0, 0.1) is 5.92 Å². The van der Waals surface area contributed by atoms with Crippen LogP contribution in [0.3, 0.4) is 0 Å². The number of nitrogens with zero attached hydrogens (tertiary/aromatic N) is 3. The van der Waals surface area contributed by atoms with E-state index in [1.54, 1.807) is 18.4 Å². The number of rotatable bonds is 3. The minimum absolute atomic E-state index is 0.0450. The average molecular weight is 384 g/mol. The number of anilines is 1. The zero-order valence-electron chi connectivity index (χ0n) is 14.8. The fourth-order valence-electron chi connectivity index (χ4n) is 4.26. The Bertz CT molecular complexity index is 876. The molecule has 142 valence electrons. The summed E-state index contributed by atoms with van der Waals surface area (Å²) >= 11 is 1.58. The van der Waals surface area contributed by atoms with Crippen LogP contribution in [0.1, 0.15) is 12.8 Å². The normalized spacial score (nSPS) is 31.6. The Morgan fingerprint density at radius 3 is 2.78 bits per heavy atom. The molecule has 4 aliphatic heterocycles. The van der Waals surface area contributed by atoms with Crippen molar-refractivity contribution in [2.75, 3.05) is 38.6 Å². The number of methoxy groups -OCH3 is 1. The summed E-state index contributed by atoms with van der Waals surface area (Å²) in [5, 5.41) is 6.22. The van der Waals surface area contributed by atoms with Crippen molar-refractivity contribution in [3.63, 3.8) is 0 Å². The van der Waals surface area contributed by atoms with Gasteiger partial charge in [0.15, 0.2) is 18.7 Å². The molecule has 6 nitrogen and oxygen atoms in total. The largest absolute Gasteiger partial charge is 0.519 e. The number of ether oxygens (including phenoxy) is 2. The lowest BCUT2D eigenvalue weighted by molar-refractivity contribution is -0.845. The molecule has 1 spiro atoms. The molecule has 3 fully saturated rings. The number of nitrogens with one attached hydrogen (secondary N) is 1. The first-order valence-corrected chi connectivity index (χ1v) is 9.95. The first-order valence-electron chi connectivity index (χ1n) is 9.07. The van der Waals surface area contributed by atoms with Gasteiger partial charge in [-0.05, 0) is 37.1 Å². The summed E-state index contributed by atoms with van der Waals surface area (Å²) in [6.45, 7) is 4.76. The van der Waals surface area contributed by atoms with E-state index in [4.69, 9.17) is 19.5 Å². The number of quaternary nitrogens is 1. The Morgan fingerprint density at radius 2 is 2.07 bits per heavy atom. The van der Waals surface area contributed by atoms with Crippen LogP contribution in [0.15, 0.2) is 34.6 Å². The lowest BCUT2D eigenvalue weighted by Gasteiger charge is -2.60. The summed E-state index contributed by atoms with van der Waals surface area (Å²) in [6, 6.07) is 8.63. The van der Waals surface area contributed by atoms with Crippen molar-refractivity contribution in [1.29, 1.82) is 0 Å². The number of aromatic nitrogens is 1. The quantitative estimate of drug-likeness (QED) is 0.822. The number of benzene rings is 1. The second-order valence-electron chi connectivity index (χ2n) is 7.23. The number of piperidine rings is 3. The van der Waals surface area contributed by atoms with Gasteiger partial charge in [0, 0.05) is 30.0 Å². The first-order chi connectivity index (χ1) is 13.1. The number of hydrogen-bond donors (Lipinski definition) is 1. The molecular weight excluding hydrogens is 359 g/mol. The molecule has 3 saturated heterocycles. The minimum atomic E-state index is -0.0450. The van der Waals surface area contributed by atoms with Crippen molar-refractivity contribution < 1.29 is 13.9 Å². The highest BCUT2D eigenvalue weighted by atomic mass is 32.1. The molecule has 1 unspecified atom stereocenters. The molecule has 0 aliphatic carbocycles. The van der Waals surface area contributed by atoms with Gasteiger partial charge in [-0.3, -0.25) is 5.32 Å². The fourth-order valence-corrected chi connectivity index (χ4v) is 4.97. The predicted molar refractivity (Wildman–Crippen MR) is 111 cm³/mol. The predicted octanol–water partition coefficient (Wildman–Crippen LogP) is 1.88. The zero-order valence-corrected chi connectivity index (χ0v) is 15.6. The number of aliphatic imine (C=N–C) groups is 1. The van der Waals surface area contributed by atoms with Crippen molar-refractivity contribution in [3.05, 3.63) is 29.6 Å². The molecule has 2 aromatic rings. The standard InChI is InChI=1S/C19H25BN4O2S/c1-25-15-4-2-13(3-5-15)16-10-27-18(22-16)23-17-21-11-19(26-17)12-24(20)8-6-14(19)7-9-24/h2-5,10,14H,6-9,11-12H2,1,20H3,(H,21,22,23). The molecule has 4 aliphatic rings. The van der Waals surface area contributed by atoms with Crippen LogP contribution >= 0.6 is 11.3 Å². The molecule has 1 aromatic heterocycles. The maximum absolute atomic E-state index is 6.45. The molecular formula is C19H25BN4O2S. The molecule has 5 heterocycles. The van der Waals surface area contributed by atoms with E-state index < -0.39 is 0 Å². The van der Waals surface area contributed by atoms with Crippen LogP contribution in [-0.4, -0.2) is 62.3 Å². The number of fused-ring (bicyclic) bond motifs is 2. The summed E-state index contributed by atoms with van der Waals surface area (Å²) < 4.78 is 13.0. The smallest absolute Gasteiger partial charge is 0.292 e. The van der Waals surface area contributed by atoms with Crippen molar-refractivity contribution in [1.82, 2.24) is 4.98 Å². The molecule has 6 rings (SSSR count). The van der Waals surface area contributed by atoms with Crippen molar-refractivity contribution in [3.8, 4) is 17.0 Å². The Hall–Kier alpha value is -2.06. The summed E-state index contributed by atoms with van der Waals surface area (Å²) in [6.07, 6.45) is 2.62. The van der Waals surface area contributed by atoms with E-state index in [2.05, 4.69) is 10.7 Å². The van der Waals surface area contributed by atoms with E-state index in [9.17, 15) is 0 Å². The van der Waals surface area contributed by atoms with E-state index in [1.165, 1.54) is 36.9 Å². The van der Waals surface area contributed by atoms with Gasteiger partial charge in [0.2, 0.25) is 0 Å². The summed E-state index contributed by atoms with van der Waals surface area (Å²) in [4.78, 5) is 9.42. The van der Waals surface area contributed by atoms with Crippen LogP contribution in [-0.2, 0) is 4.74 Å². The highest BCUT2D eigenvalue weighted by molar-refractivity contribution is 7.14. The minimum Gasteiger partial charge on any atom is -0.519 e. The van der Waals surface area contributed by atoms with Crippen LogP contribution in [0.5, 0.6) is 5.75 Å². The third-order valence-electron chi connectivity index (χ3n) is 5.72. The Kier molecular flexibility index (Phi) is 3.95. The molecule has 8 heteroatoms. The van der Waals surface area contributed by atoms with E-state index in [0.29, 0.717) is 11.9 Å². The topological polar surface area (TPSA) is 55.7 Å². The molecule has 1 atom stereocenters. The maximum atomic E-state index is 6.45. The van der Waals surface area contributed by atoms with Gasteiger partial charge in [-0.25, -0.2) is 9.98 Å². The molecule has 27 heavy (non-hydrogen) atoms. The van der Waals surface area contributed by atoms with Crippen molar-refractivity contribution >= 4 is 30.5 Å². The van der Waals surface area contributed by atoms with Gasteiger partial charge < -0.3 is 13.9 Å². The van der Waals surface area contributed by atoms with Crippen LogP contribution in [0.2, 0.25) is 0 Å². The van der Waals surface area contributed by atoms with Crippen LogP contribution in [0.25, 0.3) is 11.3 Å². The van der Waals surface area contributed by atoms with Gasteiger partial charge in [0.1, 0.15) is 5.75 Å². The number of hydrogen-bond acceptors (Lipinski definition) is 6. The van der Waals surface area contributed by atoms with Gasteiger partial charge in [-0.1, -0.05) is 0 Å². The SMILES string of the molecule is [BH3-][N+]12CCC(CC1)C1(CN=C(Nc3nc(-c4ccc(OC)cc4)cs3)O1)C2. The second-order valence-corrected chi connectivity index (χ2v) is 8.09. The zero-order chi connectivity index (χ0) is 18.5. The van der Waals surface area contributed by atoms with Crippen LogP contribution in [0.4, 0.5) is 5.13 Å². The van der Waals surface area contributed by atoms with E-state index in [1.807, 2.05) is 24.3 Å². The van der Waals surface area contributed by atoms with E-state index >= 15 is 0 Å². The number of amidine groups is 1. The summed E-state index contributed by atoms with van der Waals surface area (Å²) in [7, 11) is 1.96. The first kappa shape index (κ1) is 17.1. The Labute approximate surface area is 164 Å². The third-order valence-corrected chi connectivity index (χ3v) is 6.47. The van der Waals surface area contributed by atoms with E-state index in [-0.39, 0.29) is 13.6 Å². The highest BCUT2D eigenvalue weighted by Gasteiger charge is 2.55. The monoisotopic (exact) mass is 384 g/mol. The Morgan fingerprint density at radius 1 is 1.30 bits per heavy atom. The fraction of sp³-hybridized carbons (Fsp3) is 0.474. The number of thiazole rings is 1. The maximum Gasteiger partial charge on any atom is 0.292 e. The molecule has 1 N–H and O–H groups in total. The summed E-state index contributed by atoms with van der Waals surface area (Å²) in [5.74, 6) is 1.52. The summed E-state index contributed by atoms with van der Waals surface area (Å²) in [5.41, 5.74) is 1.99. The average Bonchev–Trinajstić information content (AvgIpc) is 3.30. The molecule has 0 amide bonds. The van der Waals surface area contributed by atoms with Crippen molar-refractivity contribution in [2.24, 2.45) is 10.9 Å². The van der Waals surface area contributed by atoms with Gasteiger partial charge >= 0.3 is 0 Å². The lowest BCUT2D eigenvalue weighted by atomic mass is 9.72. The van der Waals surface area contributed by atoms with Crippen LogP contribution < -0.4 is 10.1 Å². The molecule has 2 bridgehead atoms. The van der Waals surface area contributed by atoms with Crippen molar-refractivity contribution in [2.45, 2.75) is 18.4 Å². The van der Waals surface area contributed by atoms with Gasteiger partial charge in [0.05, 0.1) is 25.9 Å². The second kappa shape index (κ2) is 6.24. The molecule has 0 saturated carbocycles. The van der Waals surface area contributed by atoms with Gasteiger partial charge in [0.25, 0.3) is 6.02 Å². The molecule has 1 aromatic carbocycles. The highest BCUT2D eigenvalue weighted by Crippen LogP contribution is 2.43. The lowest BCUT2D eigenvalue weighted by Crippen LogP contribution is -2.69. The van der Waals surface area contributed by atoms with E-state index in [0.717, 1.165) is 28.7 Å². The third kappa shape index (κ3) is 3.01. The van der Waals surface area contributed by atoms with Gasteiger partial charge in [-0.15, -0.1) is 11.3 Å². The molecule has 0 radical (unpaired) electrons.